The van der Waals surface area contributed by atoms with E-state index in [1.165, 1.54) is 36.4 Å². The largest absolute Gasteiger partial charge is 0.496 e. The van der Waals surface area contributed by atoms with Crippen molar-refractivity contribution in [1.82, 2.24) is 40.4 Å². The number of nitriles is 1. The maximum Gasteiger partial charge on any atom is 0.274 e. The number of aromatic nitrogens is 4. The number of aliphatic hydroxyl groups excluding tert-OH is 1. The zero-order valence-electron chi connectivity index (χ0n) is 44.4. The van der Waals surface area contributed by atoms with Crippen molar-refractivity contribution in [2.24, 2.45) is 5.41 Å². The lowest BCUT2D eigenvalue weighted by Gasteiger charge is -2.37. The smallest absolute Gasteiger partial charge is 0.274 e. The molecule has 20 heteroatoms. The molecule has 0 spiro atoms. The number of methoxy groups -OCH3 is 1. The first-order valence-corrected chi connectivity index (χ1v) is 26.9. The zero-order chi connectivity index (χ0) is 55.5. The maximum absolute atomic E-state index is 15.0. The molecule has 18 nitrogen and oxygen atoms in total. The Morgan fingerprint density at radius 3 is 2.37 bits per heavy atom. The lowest BCUT2D eigenvalue weighted by molar-refractivity contribution is -0.144. The molecule has 0 aliphatic carbocycles. The second-order valence-electron chi connectivity index (χ2n) is 20.5. The van der Waals surface area contributed by atoms with Crippen LogP contribution in [0.25, 0.3) is 33.0 Å². The van der Waals surface area contributed by atoms with Crippen LogP contribution in [-0.4, -0.2) is 122 Å². The Kier molecular flexibility index (Phi) is 18.2. The third kappa shape index (κ3) is 13.5. The van der Waals surface area contributed by atoms with E-state index in [1.54, 1.807) is 53.5 Å². The number of ether oxygens (including phenoxy) is 1. The molecule has 2 saturated heterocycles. The number of halogens is 1. The predicted octanol–water partition coefficient (Wildman–Crippen LogP) is 7.71. The number of likely N-dealkylation sites (tertiary alicyclic amines) is 1. The summed E-state index contributed by atoms with van der Waals surface area (Å²) in [5.41, 5.74) is 6.88. The fourth-order valence-electron chi connectivity index (χ4n) is 9.76. The molecular formula is C58H64FN11O7S. The van der Waals surface area contributed by atoms with E-state index in [0.29, 0.717) is 79.9 Å². The van der Waals surface area contributed by atoms with Gasteiger partial charge in [-0.15, -0.1) is 11.3 Å². The third-order valence-corrected chi connectivity index (χ3v) is 15.0. The van der Waals surface area contributed by atoms with Crippen LogP contribution >= 0.6 is 11.3 Å². The quantitative estimate of drug-likeness (QED) is 0.0570. The summed E-state index contributed by atoms with van der Waals surface area (Å²) >= 11 is 1.56. The highest BCUT2D eigenvalue weighted by atomic mass is 32.1. The van der Waals surface area contributed by atoms with E-state index in [1.807, 2.05) is 62.9 Å². The summed E-state index contributed by atoms with van der Waals surface area (Å²) in [5, 5.41) is 29.4. The standard InChI is InChI=1S/C58H64FN11O7S/c1-36-52(78-35-64-36)38-17-15-37(16-18-38)32-63-56(75)47-30-41(71)34-70(47)57(76)53(58(2,3)4)67-49(72)13-8-6-7-9-14-50(73)69-27-25-68(26-28-69)46-29-39(42-33-61-23-21-40(42)31-60)19-20-44(46)66-55(74)45-22-24-62-54(65-45)51-43(59)11-10-12-48(51)77-5/h10-12,15-24,29,33,35,41,47,53,71H,6-9,13-14,25-28,30,32,34H2,1-5H3,(H,63,75)(H,66,74)(H,67,72)/t41-,47+,53-/m1/s1. The van der Waals surface area contributed by atoms with Gasteiger partial charge in [0.2, 0.25) is 23.6 Å². The number of amides is 5. The van der Waals surface area contributed by atoms with Crippen molar-refractivity contribution in [3.05, 3.63) is 125 Å². The number of rotatable bonds is 19. The minimum atomic E-state index is -0.935. The van der Waals surface area contributed by atoms with Crippen LogP contribution in [0.2, 0.25) is 0 Å². The van der Waals surface area contributed by atoms with Crippen molar-refractivity contribution < 1.29 is 38.2 Å². The molecule has 5 amide bonds. The highest BCUT2D eigenvalue weighted by Gasteiger charge is 2.44. The Morgan fingerprint density at radius 1 is 0.923 bits per heavy atom. The van der Waals surface area contributed by atoms with E-state index in [-0.39, 0.29) is 66.5 Å². The van der Waals surface area contributed by atoms with Crippen LogP contribution in [0.15, 0.2) is 96.9 Å². The van der Waals surface area contributed by atoms with Gasteiger partial charge in [0.25, 0.3) is 5.91 Å². The Labute approximate surface area is 457 Å². The number of piperazine rings is 1. The van der Waals surface area contributed by atoms with Crippen molar-refractivity contribution in [3.63, 3.8) is 0 Å². The van der Waals surface area contributed by atoms with Gasteiger partial charge < -0.3 is 40.5 Å². The maximum atomic E-state index is 15.0. The van der Waals surface area contributed by atoms with Gasteiger partial charge >= 0.3 is 0 Å². The number of unbranched alkanes of at least 4 members (excludes halogenated alkanes) is 3. The van der Waals surface area contributed by atoms with Gasteiger partial charge in [-0.1, -0.05) is 70.0 Å². The van der Waals surface area contributed by atoms with E-state index >= 15 is 0 Å². The molecule has 2 aliphatic rings. The predicted molar refractivity (Wildman–Crippen MR) is 294 cm³/mol. The highest BCUT2D eigenvalue weighted by molar-refractivity contribution is 7.13. The second-order valence-corrected chi connectivity index (χ2v) is 21.4. The van der Waals surface area contributed by atoms with Crippen LogP contribution in [0.4, 0.5) is 15.8 Å². The summed E-state index contributed by atoms with van der Waals surface area (Å²) in [6, 6.07) is 21.1. The number of carbonyl (C=O) groups is 5. The first kappa shape index (κ1) is 56.1. The molecule has 3 atom stereocenters. The molecule has 3 aromatic carbocycles. The van der Waals surface area contributed by atoms with Crippen LogP contribution in [0.3, 0.4) is 0 Å². The van der Waals surface area contributed by atoms with Crippen LogP contribution in [0.1, 0.15) is 93.0 Å². The fourth-order valence-corrected chi connectivity index (χ4v) is 10.6. The number of pyridine rings is 1. The van der Waals surface area contributed by atoms with Gasteiger partial charge in [-0.25, -0.2) is 19.3 Å². The summed E-state index contributed by atoms with van der Waals surface area (Å²) < 4.78 is 20.3. The topological polar surface area (TPSA) is 236 Å². The molecule has 0 radical (unpaired) electrons. The van der Waals surface area contributed by atoms with Gasteiger partial charge in [0.1, 0.15) is 29.3 Å². The Hall–Kier alpha value is -8.15. The highest BCUT2D eigenvalue weighted by Crippen LogP contribution is 2.36. The number of nitrogens with one attached hydrogen (secondary N) is 3. The molecule has 4 N–H and O–H groups in total. The van der Waals surface area contributed by atoms with Crippen LogP contribution < -0.4 is 25.6 Å². The third-order valence-electron chi connectivity index (χ3n) is 14.0. The Balaban J connectivity index is 0.810. The number of hydrogen-bond acceptors (Lipinski definition) is 14. The van der Waals surface area contributed by atoms with Crippen molar-refractivity contribution >= 4 is 52.2 Å². The Morgan fingerprint density at radius 2 is 1.67 bits per heavy atom. The number of hydrogen-bond donors (Lipinski definition) is 4. The summed E-state index contributed by atoms with van der Waals surface area (Å²) in [4.78, 5) is 91.9. The van der Waals surface area contributed by atoms with E-state index in [4.69, 9.17) is 4.74 Å². The van der Waals surface area contributed by atoms with Crippen molar-refractivity contribution in [2.45, 2.75) is 97.4 Å². The van der Waals surface area contributed by atoms with E-state index < -0.39 is 41.2 Å². The molecule has 8 rings (SSSR count). The molecule has 0 saturated carbocycles. The monoisotopic (exact) mass is 1080 g/mol. The molecule has 6 aromatic rings. The summed E-state index contributed by atoms with van der Waals surface area (Å²) in [6.45, 7) is 9.48. The average Bonchev–Trinajstić information content (AvgIpc) is 4.13. The van der Waals surface area contributed by atoms with E-state index in [0.717, 1.165) is 28.1 Å². The molecular weight excluding hydrogens is 1010 g/mol. The number of carbonyl (C=O) groups excluding carboxylic acids is 5. The van der Waals surface area contributed by atoms with Gasteiger partial charge in [-0.2, -0.15) is 5.26 Å². The first-order chi connectivity index (χ1) is 37.5. The van der Waals surface area contributed by atoms with Crippen molar-refractivity contribution in [2.75, 3.05) is 50.1 Å². The van der Waals surface area contributed by atoms with Crippen LogP contribution in [0, 0.1) is 29.5 Å². The zero-order valence-corrected chi connectivity index (χ0v) is 45.2. The van der Waals surface area contributed by atoms with E-state index in [2.05, 4.69) is 46.9 Å². The molecule has 406 valence electrons. The SMILES string of the molecule is COc1cccc(F)c1-c1nccc(C(=O)Nc2ccc(-c3cnccc3C#N)cc2N2CCN(C(=O)CCCCCCC(=O)N[C@H](C(=O)N3C[C@H](O)C[C@H]3C(=O)NCc3ccc(-c4scnc4C)cc3)C(C)(C)C)CC2)n1. The summed E-state index contributed by atoms with van der Waals surface area (Å²) in [6.07, 6.45) is 6.83. The first-order valence-electron chi connectivity index (χ1n) is 26.1. The van der Waals surface area contributed by atoms with Crippen molar-refractivity contribution in [1.29, 1.82) is 5.26 Å². The van der Waals surface area contributed by atoms with Gasteiger partial charge in [-0.05, 0) is 78.3 Å². The molecule has 3 aromatic heterocycles. The molecule has 0 unspecified atom stereocenters. The minimum Gasteiger partial charge on any atom is -0.496 e. The molecule has 2 fully saturated rings. The van der Waals surface area contributed by atoms with Gasteiger partial charge in [0.05, 0.1) is 57.9 Å². The lowest BCUT2D eigenvalue weighted by atomic mass is 9.85. The lowest BCUT2D eigenvalue weighted by Crippen LogP contribution is -2.57. The minimum absolute atomic E-state index is 0.00580. The van der Waals surface area contributed by atoms with Gasteiger partial charge in [0, 0.05) is 82.7 Å². The Bertz CT molecular complexity index is 3190. The number of benzene rings is 3. The number of aliphatic hydroxyl groups is 1. The van der Waals surface area contributed by atoms with E-state index in [9.17, 15) is 38.7 Å². The molecule has 0 bridgehead atoms. The summed E-state index contributed by atoms with van der Waals surface area (Å²) in [5.74, 6) is -2.05. The number of anilines is 2. The summed E-state index contributed by atoms with van der Waals surface area (Å²) in [7, 11) is 1.41. The number of thiazole rings is 1. The molecule has 2 aliphatic heterocycles. The molecule has 5 heterocycles. The molecule has 78 heavy (non-hydrogen) atoms. The van der Waals surface area contributed by atoms with Crippen LogP contribution in [0.5, 0.6) is 5.75 Å². The normalized spacial score (nSPS) is 15.8. The second kappa shape index (κ2) is 25.3. The number of β-amino-alcohol motifs (C(OH)–C–C–N with tert-alkyl or cyclic N) is 1. The van der Waals surface area contributed by atoms with Gasteiger partial charge in [0.15, 0.2) is 5.82 Å². The van der Waals surface area contributed by atoms with Gasteiger partial charge in [-0.3, -0.25) is 29.0 Å². The average molecular weight is 1080 g/mol. The van der Waals surface area contributed by atoms with Crippen LogP contribution in [-0.2, 0) is 25.7 Å². The van der Waals surface area contributed by atoms with Crippen molar-refractivity contribution in [3.8, 4) is 44.8 Å². The number of nitrogens with zero attached hydrogens (tertiary/aromatic N) is 8. The fraction of sp³-hybridized carbons (Fsp3) is 0.379. The number of aryl methyl sites for hydroxylation is 1.